The lowest BCUT2D eigenvalue weighted by Crippen LogP contribution is -2.57. The minimum Gasteiger partial charge on any atom is -0.458 e. The monoisotopic (exact) mass is 637 g/mol. The van der Waals surface area contributed by atoms with Crippen molar-refractivity contribution in [3.8, 4) is 17.2 Å². The lowest BCUT2D eigenvalue weighted by atomic mass is 9.34. The number of fused-ring (bicyclic) bond motifs is 9. The fourth-order valence-electron chi connectivity index (χ4n) is 8.26. The molecule has 0 saturated heterocycles. The summed E-state index contributed by atoms with van der Waals surface area (Å²) in [6, 6.07) is 41.9. The van der Waals surface area contributed by atoms with Crippen LogP contribution in [0.1, 0.15) is 76.0 Å². The van der Waals surface area contributed by atoms with E-state index in [1.807, 2.05) is 6.07 Å². The van der Waals surface area contributed by atoms with Gasteiger partial charge in [-0.25, -0.2) is 0 Å². The zero-order valence-corrected chi connectivity index (χ0v) is 29.0. The molecule has 0 saturated carbocycles. The van der Waals surface area contributed by atoms with Crippen LogP contribution in [0.4, 0.5) is 0 Å². The van der Waals surface area contributed by atoms with Crippen molar-refractivity contribution in [2.24, 2.45) is 0 Å². The van der Waals surface area contributed by atoms with Crippen LogP contribution in [0, 0.1) is 0 Å². The summed E-state index contributed by atoms with van der Waals surface area (Å²) in [7, 11) is 0. The fraction of sp³-hybridized carbons (Fsp3) is 0.200. The molecule has 3 heterocycles. The van der Waals surface area contributed by atoms with Gasteiger partial charge in [0, 0.05) is 27.9 Å². The van der Waals surface area contributed by atoms with Gasteiger partial charge in [0.25, 0.3) is 6.71 Å². The molecule has 0 bridgehead atoms. The van der Waals surface area contributed by atoms with E-state index in [4.69, 9.17) is 9.15 Å². The number of furan rings is 1. The predicted octanol–water partition coefficient (Wildman–Crippen LogP) is 10.7. The Bertz CT molecular complexity index is 2550. The summed E-state index contributed by atoms with van der Waals surface area (Å²) in [5.74, 6) is 3.08. The molecule has 49 heavy (non-hydrogen) atoms. The van der Waals surface area contributed by atoms with Crippen molar-refractivity contribution in [3.05, 3.63) is 132 Å². The van der Waals surface area contributed by atoms with Gasteiger partial charge in [-0.05, 0) is 81.8 Å². The summed E-state index contributed by atoms with van der Waals surface area (Å²) in [5, 5.41) is 4.60. The van der Waals surface area contributed by atoms with E-state index in [9.17, 15) is 0 Å². The Morgan fingerprint density at radius 1 is 0.551 bits per heavy atom. The summed E-state index contributed by atoms with van der Waals surface area (Å²) in [6.45, 7) is 14.0. The third kappa shape index (κ3) is 4.50. The Morgan fingerprint density at radius 2 is 1.22 bits per heavy atom. The van der Waals surface area contributed by atoms with Crippen LogP contribution in [0.15, 0.2) is 120 Å². The highest BCUT2D eigenvalue weighted by Gasteiger charge is 2.36. The Hall–Kier alpha value is -5.22. The molecular formula is C45H40BNO2. The summed E-state index contributed by atoms with van der Waals surface area (Å²) in [5.41, 5.74) is 13.3. The molecular weight excluding hydrogens is 597 g/mol. The molecule has 0 unspecified atom stereocenters. The van der Waals surface area contributed by atoms with Crippen molar-refractivity contribution in [2.45, 2.75) is 59.3 Å². The van der Waals surface area contributed by atoms with Crippen molar-refractivity contribution in [1.29, 1.82) is 0 Å². The van der Waals surface area contributed by atoms with Crippen LogP contribution in [0.3, 0.4) is 0 Å². The molecule has 0 N–H and O–H groups in total. The first kappa shape index (κ1) is 29.9. The molecule has 0 aliphatic carbocycles. The maximum absolute atomic E-state index is 6.83. The first-order valence-corrected chi connectivity index (χ1v) is 17.7. The van der Waals surface area contributed by atoms with E-state index in [0.717, 1.165) is 55.5 Å². The second kappa shape index (κ2) is 11.2. The van der Waals surface area contributed by atoms with Crippen LogP contribution in [-0.4, -0.2) is 11.3 Å². The standard InChI is InChI=1S/C45H40BNO2/c1-26(2)29-23-34(27(3)4)44(35(24-29)28(5)6)46-36-15-9-12-18-41(36)48-42-25-30(19-21-37(42)46)47-38-16-10-7-14-33(38)43-39(47)22-20-32-31-13-8-11-17-40(31)49-45(32)43/h7-28H,1-6H3. The molecule has 1 aliphatic rings. The molecule has 2 aromatic heterocycles. The van der Waals surface area contributed by atoms with Gasteiger partial charge in [0.2, 0.25) is 0 Å². The molecule has 1 aliphatic heterocycles. The molecule has 9 rings (SSSR count). The van der Waals surface area contributed by atoms with E-state index in [1.165, 1.54) is 38.5 Å². The van der Waals surface area contributed by atoms with Gasteiger partial charge in [-0.2, -0.15) is 0 Å². The van der Waals surface area contributed by atoms with Gasteiger partial charge >= 0.3 is 0 Å². The van der Waals surface area contributed by atoms with Crippen molar-refractivity contribution in [2.75, 3.05) is 0 Å². The number of rotatable bonds is 5. The Balaban J connectivity index is 1.30. The maximum atomic E-state index is 6.83. The highest BCUT2D eigenvalue weighted by Crippen LogP contribution is 2.41. The topological polar surface area (TPSA) is 27.3 Å². The molecule has 8 aromatic rings. The second-order valence-electron chi connectivity index (χ2n) is 14.7. The number of aromatic nitrogens is 1. The van der Waals surface area contributed by atoms with Crippen molar-refractivity contribution in [1.82, 2.24) is 4.57 Å². The van der Waals surface area contributed by atoms with Crippen LogP contribution >= 0.6 is 0 Å². The SMILES string of the molecule is CC(C)c1cc(C(C)C)c(B2c3ccccc3Oc3cc(-n4c5ccccc5c5c6oc7ccccc7c6ccc54)ccc32)c(C(C)C)c1. The van der Waals surface area contributed by atoms with Crippen LogP contribution in [0.2, 0.25) is 0 Å². The van der Waals surface area contributed by atoms with Crippen molar-refractivity contribution < 1.29 is 9.15 Å². The van der Waals surface area contributed by atoms with E-state index in [0.29, 0.717) is 17.8 Å². The third-order valence-electron chi connectivity index (χ3n) is 10.7. The first-order chi connectivity index (χ1) is 23.8. The van der Waals surface area contributed by atoms with Gasteiger partial charge in [-0.1, -0.05) is 120 Å². The predicted molar refractivity (Wildman–Crippen MR) is 208 cm³/mol. The second-order valence-corrected chi connectivity index (χ2v) is 14.7. The Labute approximate surface area is 288 Å². The van der Waals surface area contributed by atoms with Gasteiger partial charge in [0.1, 0.15) is 22.7 Å². The van der Waals surface area contributed by atoms with E-state index < -0.39 is 0 Å². The molecule has 0 amide bonds. The van der Waals surface area contributed by atoms with Gasteiger partial charge in [0.15, 0.2) is 0 Å². The summed E-state index contributed by atoms with van der Waals surface area (Å²) < 4.78 is 15.8. The fourth-order valence-corrected chi connectivity index (χ4v) is 8.26. The van der Waals surface area contributed by atoms with E-state index in [1.54, 1.807) is 0 Å². The molecule has 240 valence electrons. The zero-order chi connectivity index (χ0) is 33.6. The minimum absolute atomic E-state index is 0.0679. The van der Waals surface area contributed by atoms with E-state index in [2.05, 4.69) is 155 Å². The minimum atomic E-state index is 0.0679. The lowest BCUT2D eigenvalue weighted by Gasteiger charge is -2.32. The van der Waals surface area contributed by atoms with E-state index in [-0.39, 0.29) is 6.71 Å². The highest BCUT2D eigenvalue weighted by atomic mass is 16.5. The first-order valence-electron chi connectivity index (χ1n) is 17.7. The number of hydrogen-bond acceptors (Lipinski definition) is 2. The lowest BCUT2D eigenvalue weighted by molar-refractivity contribution is 0.487. The number of para-hydroxylation sites is 3. The highest BCUT2D eigenvalue weighted by molar-refractivity contribution is 6.97. The number of ether oxygens (including phenoxy) is 1. The summed E-state index contributed by atoms with van der Waals surface area (Å²) >= 11 is 0. The molecule has 6 aromatic carbocycles. The normalized spacial score (nSPS) is 13.0. The van der Waals surface area contributed by atoms with Crippen LogP contribution < -0.4 is 21.1 Å². The molecule has 4 heteroatoms. The van der Waals surface area contributed by atoms with Gasteiger partial charge < -0.3 is 13.7 Å². The molecule has 3 nitrogen and oxygen atoms in total. The quantitative estimate of drug-likeness (QED) is 0.176. The van der Waals surface area contributed by atoms with Gasteiger partial charge in [-0.15, -0.1) is 0 Å². The average Bonchev–Trinajstić information content (AvgIpc) is 3.65. The number of nitrogens with zero attached hydrogens (tertiary/aromatic N) is 1. The molecule has 0 radical (unpaired) electrons. The Kier molecular flexibility index (Phi) is 6.81. The maximum Gasteiger partial charge on any atom is 0.251 e. The van der Waals surface area contributed by atoms with Gasteiger partial charge in [-0.3, -0.25) is 0 Å². The van der Waals surface area contributed by atoms with Gasteiger partial charge in [0.05, 0.1) is 16.4 Å². The number of hydrogen-bond donors (Lipinski definition) is 0. The Morgan fingerprint density at radius 3 is 1.98 bits per heavy atom. The smallest absolute Gasteiger partial charge is 0.251 e. The molecule has 0 spiro atoms. The number of benzene rings is 6. The molecule has 0 fully saturated rings. The summed E-state index contributed by atoms with van der Waals surface area (Å²) in [4.78, 5) is 0. The molecule has 0 atom stereocenters. The van der Waals surface area contributed by atoms with Crippen molar-refractivity contribution >= 4 is 66.8 Å². The largest absolute Gasteiger partial charge is 0.458 e. The average molecular weight is 638 g/mol. The zero-order valence-electron chi connectivity index (χ0n) is 29.0. The van der Waals surface area contributed by atoms with Crippen LogP contribution in [0.25, 0.3) is 49.4 Å². The van der Waals surface area contributed by atoms with E-state index >= 15 is 0 Å². The van der Waals surface area contributed by atoms with Crippen LogP contribution in [0.5, 0.6) is 11.5 Å². The van der Waals surface area contributed by atoms with Crippen molar-refractivity contribution in [3.63, 3.8) is 0 Å². The summed E-state index contributed by atoms with van der Waals surface area (Å²) in [6.07, 6.45) is 0. The van der Waals surface area contributed by atoms with Crippen LogP contribution in [-0.2, 0) is 0 Å². The third-order valence-corrected chi connectivity index (χ3v) is 10.7.